The normalized spacial score (nSPS) is 11.2. The first-order chi connectivity index (χ1) is 14.9. The van der Waals surface area contributed by atoms with E-state index in [2.05, 4.69) is 19.7 Å². The molecule has 4 aromatic rings. The summed E-state index contributed by atoms with van der Waals surface area (Å²) in [6.45, 7) is 3.83. The Kier molecular flexibility index (Phi) is 5.85. The van der Waals surface area contributed by atoms with Gasteiger partial charge in [-0.1, -0.05) is 18.2 Å². The number of rotatable bonds is 6. The van der Waals surface area contributed by atoms with Crippen molar-refractivity contribution in [2.75, 3.05) is 10.5 Å². The molecular formula is C22H21FN6OS. The molecule has 31 heavy (non-hydrogen) atoms. The van der Waals surface area contributed by atoms with Crippen LogP contribution in [0, 0.1) is 5.82 Å². The number of hydrogen-bond acceptors (Lipinski definition) is 7. The summed E-state index contributed by atoms with van der Waals surface area (Å²) in [5.41, 5.74) is 8.40. The van der Waals surface area contributed by atoms with E-state index in [0.717, 1.165) is 5.69 Å². The topological polar surface area (TPSA) is 98.7 Å². The number of anilines is 2. The molecule has 158 valence electrons. The number of halogens is 1. The number of nitrogens with one attached hydrogen (secondary N) is 1. The average molecular weight is 437 g/mol. The maximum absolute atomic E-state index is 13.7. The highest BCUT2D eigenvalue weighted by atomic mass is 32.2. The fourth-order valence-corrected chi connectivity index (χ4v) is 3.97. The van der Waals surface area contributed by atoms with Crippen LogP contribution < -0.4 is 16.0 Å². The van der Waals surface area contributed by atoms with Crippen LogP contribution in [0.2, 0.25) is 0 Å². The van der Waals surface area contributed by atoms with E-state index in [0.29, 0.717) is 33.6 Å². The molecule has 4 rings (SSSR count). The summed E-state index contributed by atoms with van der Waals surface area (Å²) in [5.74, 6) is 0.366. The minimum absolute atomic E-state index is 0.111. The largest absolute Gasteiger partial charge is 0.368 e. The van der Waals surface area contributed by atoms with Gasteiger partial charge < -0.3 is 10.5 Å². The van der Waals surface area contributed by atoms with Gasteiger partial charge in [0.05, 0.1) is 23.1 Å². The van der Waals surface area contributed by atoms with Gasteiger partial charge in [-0.15, -0.1) is 0 Å². The molecule has 0 bridgehead atoms. The van der Waals surface area contributed by atoms with E-state index < -0.39 is 0 Å². The van der Waals surface area contributed by atoms with Gasteiger partial charge in [-0.25, -0.2) is 9.37 Å². The number of pyridine rings is 2. The number of hydrogen-bond donors (Lipinski definition) is 2. The number of nitrogens with two attached hydrogens (primary N) is 1. The SMILES string of the molecule is CC(C)n1c(=O)c(-c2ccc(NSCc3ccccc3F)cn2)cc2cnc(N)nc21. The molecular weight excluding hydrogens is 415 g/mol. The molecule has 3 N–H and O–H groups in total. The molecule has 0 aliphatic heterocycles. The first-order valence-corrected chi connectivity index (χ1v) is 10.7. The Morgan fingerprint density at radius 2 is 1.97 bits per heavy atom. The highest BCUT2D eigenvalue weighted by Crippen LogP contribution is 2.23. The molecule has 0 spiro atoms. The zero-order chi connectivity index (χ0) is 22.0. The van der Waals surface area contributed by atoms with Crippen molar-refractivity contribution in [3.8, 4) is 11.3 Å². The summed E-state index contributed by atoms with van der Waals surface area (Å²) < 4.78 is 18.5. The lowest BCUT2D eigenvalue weighted by Gasteiger charge is -2.15. The van der Waals surface area contributed by atoms with Crippen LogP contribution in [0.3, 0.4) is 0 Å². The van der Waals surface area contributed by atoms with Crippen molar-refractivity contribution in [1.29, 1.82) is 0 Å². The zero-order valence-electron chi connectivity index (χ0n) is 17.0. The van der Waals surface area contributed by atoms with Gasteiger partial charge in [-0.2, -0.15) is 4.98 Å². The molecule has 3 aromatic heterocycles. The van der Waals surface area contributed by atoms with Crippen molar-refractivity contribution >= 4 is 34.6 Å². The maximum Gasteiger partial charge on any atom is 0.261 e. The number of fused-ring (bicyclic) bond motifs is 1. The first-order valence-electron chi connectivity index (χ1n) is 9.69. The molecule has 0 aliphatic carbocycles. The number of nitrogens with zero attached hydrogens (tertiary/aromatic N) is 4. The molecule has 0 atom stereocenters. The molecule has 3 heterocycles. The Labute approximate surface area is 182 Å². The highest BCUT2D eigenvalue weighted by Gasteiger charge is 2.15. The second-order valence-corrected chi connectivity index (χ2v) is 8.03. The summed E-state index contributed by atoms with van der Waals surface area (Å²) in [4.78, 5) is 25.9. The molecule has 0 fully saturated rings. The monoisotopic (exact) mass is 436 g/mol. The number of nitrogen functional groups attached to an aromatic ring is 1. The lowest BCUT2D eigenvalue weighted by molar-refractivity contribution is 0.596. The third-order valence-electron chi connectivity index (χ3n) is 4.72. The van der Waals surface area contributed by atoms with E-state index in [1.165, 1.54) is 18.0 Å². The Bertz CT molecular complexity index is 1290. The van der Waals surface area contributed by atoms with Crippen molar-refractivity contribution in [2.45, 2.75) is 25.6 Å². The minimum Gasteiger partial charge on any atom is -0.368 e. The standard InChI is InChI=1S/C22H21FN6OS/c1-13(2)29-20-15(10-26-22(24)27-20)9-17(21(29)30)19-8-7-16(11-25-19)28-31-12-14-5-3-4-6-18(14)23/h3-11,13,28H,12H2,1-2H3,(H2,24,26,27). The van der Waals surface area contributed by atoms with Crippen molar-refractivity contribution in [3.05, 3.63) is 76.6 Å². The zero-order valence-corrected chi connectivity index (χ0v) is 17.9. The van der Waals surface area contributed by atoms with Gasteiger partial charge in [0.25, 0.3) is 5.56 Å². The maximum atomic E-state index is 13.7. The van der Waals surface area contributed by atoms with E-state index in [4.69, 9.17) is 5.73 Å². The lowest BCUT2D eigenvalue weighted by Crippen LogP contribution is -2.25. The van der Waals surface area contributed by atoms with Gasteiger partial charge in [0.2, 0.25) is 5.95 Å². The smallest absolute Gasteiger partial charge is 0.261 e. The van der Waals surface area contributed by atoms with Gasteiger partial charge in [-0.3, -0.25) is 14.3 Å². The van der Waals surface area contributed by atoms with Crippen LogP contribution in [0.15, 0.2) is 59.7 Å². The molecule has 0 saturated heterocycles. The summed E-state index contributed by atoms with van der Waals surface area (Å²) in [6, 6.07) is 11.9. The van der Waals surface area contributed by atoms with Gasteiger partial charge in [0.1, 0.15) is 11.5 Å². The molecule has 7 nitrogen and oxygen atoms in total. The van der Waals surface area contributed by atoms with Crippen molar-refractivity contribution < 1.29 is 4.39 Å². The number of benzene rings is 1. The van der Waals surface area contributed by atoms with Crippen molar-refractivity contribution in [3.63, 3.8) is 0 Å². The first kappa shape index (κ1) is 20.8. The summed E-state index contributed by atoms with van der Waals surface area (Å²) >= 11 is 1.36. The van der Waals surface area contributed by atoms with Crippen LogP contribution in [0.1, 0.15) is 25.5 Å². The second-order valence-electron chi connectivity index (χ2n) is 7.25. The number of aromatic nitrogens is 4. The summed E-state index contributed by atoms with van der Waals surface area (Å²) in [6.07, 6.45) is 3.25. The van der Waals surface area contributed by atoms with E-state index in [-0.39, 0.29) is 23.4 Å². The van der Waals surface area contributed by atoms with Gasteiger partial charge >= 0.3 is 0 Å². The van der Waals surface area contributed by atoms with Gasteiger partial charge in [-0.05, 0) is 55.6 Å². The van der Waals surface area contributed by atoms with Gasteiger partial charge in [0.15, 0.2) is 0 Å². The van der Waals surface area contributed by atoms with Crippen LogP contribution in [0.25, 0.3) is 22.3 Å². The molecule has 0 aliphatic rings. The molecule has 0 unspecified atom stereocenters. The Hall–Kier alpha value is -3.46. The van der Waals surface area contributed by atoms with Crippen LogP contribution in [0.5, 0.6) is 0 Å². The van der Waals surface area contributed by atoms with E-state index in [1.807, 2.05) is 26.0 Å². The van der Waals surface area contributed by atoms with Crippen LogP contribution in [0.4, 0.5) is 16.0 Å². The Balaban J connectivity index is 1.59. The van der Waals surface area contributed by atoms with Crippen molar-refractivity contribution in [1.82, 2.24) is 19.5 Å². The van der Waals surface area contributed by atoms with Crippen LogP contribution >= 0.6 is 11.9 Å². The highest BCUT2D eigenvalue weighted by molar-refractivity contribution is 7.99. The molecule has 0 saturated carbocycles. The van der Waals surface area contributed by atoms with E-state index >= 15 is 0 Å². The Morgan fingerprint density at radius 1 is 1.16 bits per heavy atom. The molecule has 9 heteroatoms. The lowest BCUT2D eigenvalue weighted by atomic mass is 10.1. The summed E-state index contributed by atoms with van der Waals surface area (Å²) in [5, 5.41) is 0.710. The predicted molar refractivity (Wildman–Crippen MR) is 123 cm³/mol. The third-order valence-corrected chi connectivity index (χ3v) is 5.56. The second kappa shape index (κ2) is 8.73. The molecule has 1 aromatic carbocycles. The molecule has 0 radical (unpaired) electrons. The van der Waals surface area contributed by atoms with Crippen LogP contribution in [-0.2, 0) is 5.75 Å². The fourth-order valence-electron chi connectivity index (χ4n) is 3.22. The average Bonchev–Trinajstić information content (AvgIpc) is 2.75. The predicted octanol–water partition coefficient (Wildman–Crippen LogP) is 4.42. The third kappa shape index (κ3) is 4.36. The van der Waals surface area contributed by atoms with E-state index in [9.17, 15) is 9.18 Å². The van der Waals surface area contributed by atoms with Crippen molar-refractivity contribution in [2.24, 2.45) is 0 Å². The van der Waals surface area contributed by atoms with Crippen LogP contribution in [-0.4, -0.2) is 19.5 Å². The minimum atomic E-state index is -0.228. The summed E-state index contributed by atoms with van der Waals surface area (Å²) in [7, 11) is 0. The molecule has 0 amide bonds. The Morgan fingerprint density at radius 3 is 2.68 bits per heavy atom. The van der Waals surface area contributed by atoms with E-state index in [1.54, 1.807) is 41.2 Å². The fraction of sp³-hybridized carbons (Fsp3) is 0.182. The quantitative estimate of drug-likeness (QED) is 0.432. The van der Waals surface area contributed by atoms with Gasteiger partial charge in [0, 0.05) is 23.4 Å².